The Morgan fingerprint density at radius 2 is 1.91 bits per heavy atom. The van der Waals surface area contributed by atoms with E-state index in [1.54, 1.807) is 24.3 Å². The van der Waals surface area contributed by atoms with Crippen LogP contribution in [0.3, 0.4) is 0 Å². The van der Waals surface area contributed by atoms with Crippen LogP contribution in [-0.2, 0) is 16.0 Å². The molecule has 0 unspecified atom stereocenters. The van der Waals surface area contributed by atoms with Gasteiger partial charge in [0.05, 0.1) is 7.11 Å². The molecule has 6 heteroatoms. The molecule has 0 spiro atoms. The minimum Gasteiger partial charge on any atom is -0.467 e. The van der Waals surface area contributed by atoms with E-state index in [0.717, 1.165) is 10.0 Å². The van der Waals surface area contributed by atoms with E-state index >= 15 is 0 Å². The molecule has 0 aliphatic carbocycles. The lowest BCUT2D eigenvalue weighted by molar-refractivity contribution is -0.142. The number of esters is 1. The van der Waals surface area contributed by atoms with Gasteiger partial charge in [-0.25, -0.2) is 4.79 Å². The monoisotopic (exact) mass is 395 g/mol. The number of nitrogens with one attached hydrogen (secondary N) is 1. The smallest absolute Gasteiger partial charge is 0.328 e. The molecule has 1 N–H and O–H groups in total. The minimum atomic E-state index is -0.766. The fraction of sp³-hybridized carbons (Fsp3) is 0.176. The third-order valence-corrected chi connectivity index (χ3v) is 3.97. The third kappa shape index (κ3) is 5.08. The average molecular weight is 397 g/mol. The normalized spacial score (nSPS) is 11.6. The summed E-state index contributed by atoms with van der Waals surface area (Å²) in [6, 6.07) is 13.2. The van der Waals surface area contributed by atoms with Crippen LogP contribution in [0.1, 0.15) is 15.9 Å². The van der Waals surface area contributed by atoms with Crippen LogP contribution < -0.4 is 5.32 Å². The number of hydrogen-bond donors (Lipinski definition) is 1. The van der Waals surface area contributed by atoms with Gasteiger partial charge in [-0.15, -0.1) is 0 Å². The van der Waals surface area contributed by atoms with Crippen LogP contribution in [0.4, 0.5) is 0 Å². The molecule has 0 radical (unpaired) electrons. The first-order valence-electron chi connectivity index (χ1n) is 6.88. The zero-order valence-electron chi connectivity index (χ0n) is 12.4. The van der Waals surface area contributed by atoms with Crippen LogP contribution in [0, 0.1) is 0 Å². The zero-order chi connectivity index (χ0) is 16.8. The van der Waals surface area contributed by atoms with Gasteiger partial charge in [0.25, 0.3) is 5.91 Å². The molecule has 0 saturated carbocycles. The molecule has 2 rings (SSSR count). The predicted molar refractivity (Wildman–Crippen MR) is 92.6 cm³/mol. The van der Waals surface area contributed by atoms with Gasteiger partial charge < -0.3 is 10.1 Å². The van der Waals surface area contributed by atoms with Gasteiger partial charge in [-0.05, 0) is 42.0 Å². The van der Waals surface area contributed by atoms with Gasteiger partial charge in [-0.2, -0.15) is 0 Å². The Morgan fingerprint density at radius 3 is 2.52 bits per heavy atom. The zero-order valence-corrected chi connectivity index (χ0v) is 14.7. The van der Waals surface area contributed by atoms with E-state index in [-0.39, 0.29) is 5.91 Å². The van der Waals surface area contributed by atoms with Crippen LogP contribution in [0.15, 0.2) is 53.0 Å². The number of halogens is 2. The van der Waals surface area contributed by atoms with Crippen LogP contribution in [-0.4, -0.2) is 25.0 Å². The summed E-state index contributed by atoms with van der Waals surface area (Å²) in [6.45, 7) is 0. The molecular weight excluding hydrogens is 382 g/mol. The standard InChI is InChI=1S/C17H15BrClNO3/c1-23-17(22)15(10-11-3-2-4-13(18)9-11)20-16(21)12-5-7-14(19)8-6-12/h2-9,15H,10H2,1H3,(H,20,21)/t15-/m0/s1. The maximum Gasteiger partial charge on any atom is 0.328 e. The molecule has 0 heterocycles. The van der Waals surface area contributed by atoms with Crippen molar-refractivity contribution in [2.45, 2.75) is 12.5 Å². The summed E-state index contributed by atoms with van der Waals surface area (Å²) in [7, 11) is 1.30. The Bertz CT molecular complexity index is 703. The van der Waals surface area contributed by atoms with E-state index < -0.39 is 12.0 Å². The number of carbonyl (C=O) groups excluding carboxylic acids is 2. The quantitative estimate of drug-likeness (QED) is 0.786. The van der Waals surface area contributed by atoms with Crippen molar-refractivity contribution in [2.75, 3.05) is 7.11 Å². The third-order valence-electron chi connectivity index (χ3n) is 3.23. The van der Waals surface area contributed by atoms with Gasteiger partial charge in [0.15, 0.2) is 0 Å². The lowest BCUT2D eigenvalue weighted by atomic mass is 10.1. The molecule has 0 saturated heterocycles. The second-order valence-corrected chi connectivity index (χ2v) is 6.24. The van der Waals surface area contributed by atoms with E-state index in [2.05, 4.69) is 21.2 Å². The molecule has 0 aromatic heterocycles. The molecule has 120 valence electrons. The molecule has 1 amide bonds. The highest BCUT2D eigenvalue weighted by Gasteiger charge is 2.22. The number of benzene rings is 2. The summed E-state index contributed by atoms with van der Waals surface area (Å²) < 4.78 is 5.69. The highest BCUT2D eigenvalue weighted by molar-refractivity contribution is 9.10. The average Bonchev–Trinajstić information content (AvgIpc) is 2.54. The van der Waals surface area contributed by atoms with Gasteiger partial charge in [0.1, 0.15) is 6.04 Å². The Labute approximate surface area is 147 Å². The first-order valence-corrected chi connectivity index (χ1v) is 8.05. The second-order valence-electron chi connectivity index (χ2n) is 4.89. The number of methoxy groups -OCH3 is 1. The number of amides is 1. The number of hydrogen-bond acceptors (Lipinski definition) is 3. The first kappa shape index (κ1) is 17.5. The molecule has 0 aliphatic heterocycles. The van der Waals surface area contributed by atoms with Gasteiger partial charge >= 0.3 is 5.97 Å². The van der Waals surface area contributed by atoms with E-state index in [4.69, 9.17) is 16.3 Å². The lowest BCUT2D eigenvalue weighted by Gasteiger charge is -2.17. The maximum absolute atomic E-state index is 12.3. The van der Waals surface area contributed by atoms with E-state index in [9.17, 15) is 9.59 Å². The van der Waals surface area contributed by atoms with Crippen LogP contribution in [0.2, 0.25) is 5.02 Å². The topological polar surface area (TPSA) is 55.4 Å². The molecule has 23 heavy (non-hydrogen) atoms. The number of rotatable bonds is 5. The Hall–Kier alpha value is -1.85. The molecule has 1 atom stereocenters. The van der Waals surface area contributed by atoms with Gasteiger partial charge in [0.2, 0.25) is 0 Å². The second kappa shape index (κ2) is 8.13. The van der Waals surface area contributed by atoms with Crippen molar-refractivity contribution >= 4 is 39.4 Å². The predicted octanol–water partition coefficient (Wildman–Crippen LogP) is 3.62. The van der Waals surface area contributed by atoms with Crippen molar-refractivity contribution in [3.8, 4) is 0 Å². The summed E-state index contributed by atoms with van der Waals surface area (Å²) >= 11 is 9.19. The minimum absolute atomic E-state index is 0.339. The van der Waals surface area contributed by atoms with Crippen LogP contribution >= 0.6 is 27.5 Å². The summed E-state index contributed by atoms with van der Waals surface area (Å²) in [4.78, 5) is 24.2. The van der Waals surface area contributed by atoms with Gasteiger partial charge in [-0.1, -0.05) is 39.7 Å². The van der Waals surface area contributed by atoms with E-state index in [1.165, 1.54) is 7.11 Å². The summed E-state index contributed by atoms with van der Waals surface area (Å²) in [5, 5.41) is 3.24. The lowest BCUT2D eigenvalue weighted by Crippen LogP contribution is -2.43. The van der Waals surface area contributed by atoms with Crippen LogP contribution in [0.5, 0.6) is 0 Å². The number of carbonyl (C=O) groups is 2. The molecular formula is C17H15BrClNO3. The van der Waals surface area contributed by atoms with Crippen molar-refractivity contribution < 1.29 is 14.3 Å². The molecule has 0 aliphatic rings. The van der Waals surface area contributed by atoms with Crippen molar-refractivity contribution in [1.82, 2.24) is 5.32 Å². The summed E-state index contributed by atoms with van der Waals surface area (Å²) in [6.07, 6.45) is 0.339. The molecule has 2 aromatic carbocycles. The molecule has 2 aromatic rings. The Morgan fingerprint density at radius 1 is 1.22 bits per heavy atom. The van der Waals surface area contributed by atoms with E-state index in [1.807, 2.05) is 24.3 Å². The van der Waals surface area contributed by atoms with Crippen LogP contribution in [0.25, 0.3) is 0 Å². The van der Waals surface area contributed by atoms with Gasteiger partial charge in [-0.3, -0.25) is 4.79 Å². The molecule has 4 nitrogen and oxygen atoms in total. The summed E-state index contributed by atoms with van der Waals surface area (Å²) in [5.74, 6) is -0.848. The van der Waals surface area contributed by atoms with Crippen molar-refractivity contribution in [3.05, 3.63) is 69.2 Å². The number of ether oxygens (including phenoxy) is 1. The Balaban J connectivity index is 2.13. The highest BCUT2D eigenvalue weighted by Crippen LogP contribution is 2.14. The fourth-order valence-electron chi connectivity index (χ4n) is 2.08. The Kier molecular flexibility index (Phi) is 6.19. The first-order chi connectivity index (χ1) is 11.0. The summed E-state index contributed by atoms with van der Waals surface area (Å²) in [5.41, 5.74) is 1.34. The highest BCUT2D eigenvalue weighted by atomic mass is 79.9. The largest absolute Gasteiger partial charge is 0.467 e. The van der Waals surface area contributed by atoms with E-state index in [0.29, 0.717) is 17.0 Å². The SMILES string of the molecule is COC(=O)[C@H](Cc1cccc(Br)c1)NC(=O)c1ccc(Cl)cc1. The van der Waals surface area contributed by atoms with Crippen molar-refractivity contribution in [1.29, 1.82) is 0 Å². The molecule has 0 fully saturated rings. The maximum atomic E-state index is 12.3. The molecule has 0 bridgehead atoms. The van der Waals surface area contributed by atoms with Crippen molar-refractivity contribution in [3.63, 3.8) is 0 Å². The fourth-order valence-corrected chi connectivity index (χ4v) is 2.65. The van der Waals surface area contributed by atoms with Gasteiger partial charge in [0, 0.05) is 21.5 Å². The van der Waals surface area contributed by atoms with Crippen molar-refractivity contribution in [2.24, 2.45) is 0 Å².